The second kappa shape index (κ2) is 5.34. The fourth-order valence-corrected chi connectivity index (χ4v) is 3.22. The van der Waals surface area contributed by atoms with Crippen molar-refractivity contribution in [1.82, 2.24) is 24.5 Å². The molecule has 1 atom stereocenters. The molecule has 1 saturated heterocycles. The predicted octanol–water partition coefficient (Wildman–Crippen LogP) is 1.59. The van der Waals surface area contributed by atoms with Gasteiger partial charge >= 0.3 is 0 Å². The Morgan fingerprint density at radius 2 is 2.09 bits per heavy atom. The van der Waals surface area contributed by atoms with Crippen LogP contribution in [0.15, 0.2) is 24.5 Å². The van der Waals surface area contributed by atoms with Crippen molar-refractivity contribution in [2.24, 2.45) is 14.1 Å². The van der Waals surface area contributed by atoms with E-state index < -0.39 is 0 Å². The Kier molecular flexibility index (Phi) is 3.30. The highest BCUT2D eigenvalue weighted by Crippen LogP contribution is 2.31. The van der Waals surface area contributed by atoms with Crippen LogP contribution < -0.4 is 4.90 Å². The first-order valence-electron chi connectivity index (χ1n) is 7.80. The fourth-order valence-electron chi connectivity index (χ4n) is 3.22. The standard InChI is InChI=1S/C16H20N6O/c1-11-10-23-7-6-22(11)15-8-12(14-4-5-17-20(14)2)16-13(19-15)9-18-21(16)3/h4-5,8-9,11H,6-7,10H2,1-3H3/t11-/m1/s1. The number of morpholine rings is 1. The summed E-state index contributed by atoms with van der Waals surface area (Å²) in [6.45, 7) is 4.48. The molecule has 0 spiro atoms. The number of aryl methyl sites for hydroxylation is 2. The van der Waals surface area contributed by atoms with Gasteiger partial charge in [0.1, 0.15) is 11.3 Å². The lowest BCUT2D eigenvalue weighted by atomic mass is 10.1. The molecule has 0 aliphatic carbocycles. The lowest BCUT2D eigenvalue weighted by molar-refractivity contribution is 0.0986. The Balaban J connectivity index is 1.93. The van der Waals surface area contributed by atoms with Gasteiger partial charge < -0.3 is 9.64 Å². The third kappa shape index (κ3) is 2.28. The molecule has 0 amide bonds. The molecular weight excluding hydrogens is 292 g/mol. The molecule has 120 valence electrons. The van der Waals surface area contributed by atoms with Gasteiger partial charge in [-0.2, -0.15) is 10.2 Å². The van der Waals surface area contributed by atoms with Crippen LogP contribution in [0.4, 0.5) is 5.82 Å². The van der Waals surface area contributed by atoms with E-state index in [2.05, 4.69) is 28.1 Å². The Labute approximate surface area is 134 Å². The summed E-state index contributed by atoms with van der Waals surface area (Å²) in [7, 11) is 3.90. The van der Waals surface area contributed by atoms with Gasteiger partial charge in [0.05, 0.1) is 36.7 Å². The minimum atomic E-state index is 0.310. The highest BCUT2D eigenvalue weighted by Gasteiger charge is 2.23. The zero-order valence-corrected chi connectivity index (χ0v) is 13.6. The summed E-state index contributed by atoms with van der Waals surface area (Å²) in [4.78, 5) is 7.13. The predicted molar refractivity (Wildman–Crippen MR) is 88.3 cm³/mol. The zero-order chi connectivity index (χ0) is 16.0. The van der Waals surface area contributed by atoms with Gasteiger partial charge in [-0.1, -0.05) is 0 Å². The Morgan fingerprint density at radius 1 is 1.22 bits per heavy atom. The zero-order valence-electron chi connectivity index (χ0n) is 13.6. The van der Waals surface area contributed by atoms with Gasteiger partial charge in [0.25, 0.3) is 0 Å². The SMILES string of the molecule is C[C@@H]1COCCN1c1cc(-c2ccnn2C)c2c(cnn2C)n1. The average Bonchev–Trinajstić information content (AvgIpc) is 3.13. The van der Waals surface area contributed by atoms with Gasteiger partial charge in [0, 0.05) is 32.4 Å². The van der Waals surface area contributed by atoms with E-state index in [1.54, 1.807) is 0 Å². The molecule has 0 aromatic carbocycles. The van der Waals surface area contributed by atoms with Gasteiger partial charge in [-0.25, -0.2) is 4.98 Å². The van der Waals surface area contributed by atoms with Gasteiger partial charge in [-0.05, 0) is 19.1 Å². The monoisotopic (exact) mass is 312 g/mol. The van der Waals surface area contributed by atoms with Crippen molar-refractivity contribution in [2.45, 2.75) is 13.0 Å². The molecule has 7 heteroatoms. The molecule has 0 radical (unpaired) electrons. The first kappa shape index (κ1) is 14.2. The summed E-state index contributed by atoms with van der Waals surface area (Å²) in [5, 5.41) is 8.69. The number of aromatic nitrogens is 5. The Morgan fingerprint density at radius 3 is 2.83 bits per heavy atom. The van der Waals surface area contributed by atoms with Gasteiger partial charge in [0.2, 0.25) is 0 Å². The second-order valence-corrected chi connectivity index (χ2v) is 5.99. The summed E-state index contributed by atoms with van der Waals surface area (Å²) >= 11 is 0. The Hall–Kier alpha value is -2.41. The normalized spacial score (nSPS) is 18.7. The molecule has 0 saturated carbocycles. The van der Waals surface area contributed by atoms with E-state index in [9.17, 15) is 0 Å². The molecule has 1 aliphatic rings. The lowest BCUT2D eigenvalue weighted by Crippen LogP contribution is -2.44. The lowest BCUT2D eigenvalue weighted by Gasteiger charge is -2.34. The summed E-state index contributed by atoms with van der Waals surface area (Å²) in [6, 6.07) is 4.47. The molecule has 7 nitrogen and oxygen atoms in total. The first-order valence-corrected chi connectivity index (χ1v) is 7.80. The summed E-state index contributed by atoms with van der Waals surface area (Å²) in [6.07, 6.45) is 3.64. The van der Waals surface area contributed by atoms with Crippen molar-refractivity contribution in [1.29, 1.82) is 0 Å². The maximum atomic E-state index is 5.55. The van der Waals surface area contributed by atoms with Crippen molar-refractivity contribution in [3.05, 3.63) is 24.5 Å². The largest absolute Gasteiger partial charge is 0.377 e. The van der Waals surface area contributed by atoms with Crippen LogP contribution in [-0.2, 0) is 18.8 Å². The smallest absolute Gasteiger partial charge is 0.130 e. The van der Waals surface area contributed by atoms with Crippen molar-refractivity contribution in [3.63, 3.8) is 0 Å². The number of ether oxygens (including phenoxy) is 1. The van der Waals surface area contributed by atoms with Crippen LogP contribution in [0, 0.1) is 0 Å². The first-order chi connectivity index (χ1) is 11.1. The van der Waals surface area contributed by atoms with Crippen LogP contribution in [0.2, 0.25) is 0 Å². The molecule has 0 bridgehead atoms. The number of hydrogen-bond acceptors (Lipinski definition) is 5. The maximum absolute atomic E-state index is 5.55. The molecule has 0 unspecified atom stereocenters. The van der Waals surface area contributed by atoms with Gasteiger partial charge in [-0.3, -0.25) is 9.36 Å². The summed E-state index contributed by atoms with van der Waals surface area (Å²) in [5.41, 5.74) is 4.09. The number of fused-ring (bicyclic) bond motifs is 1. The number of anilines is 1. The highest BCUT2D eigenvalue weighted by atomic mass is 16.5. The number of nitrogens with zero attached hydrogens (tertiary/aromatic N) is 6. The molecule has 4 rings (SSSR count). The Bertz CT molecular complexity index is 851. The van der Waals surface area contributed by atoms with Crippen molar-refractivity contribution in [2.75, 3.05) is 24.7 Å². The van der Waals surface area contributed by atoms with E-state index >= 15 is 0 Å². The summed E-state index contributed by atoms with van der Waals surface area (Å²) in [5.74, 6) is 0.970. The van der Waals surface area contributed by atoms with Crippen LogP contribution in [0.1, 0.15) is 6.92 Å². The van der Waals surface area contributed by atoms with Gasteiger partial charge in [0.15, 0.2) is 0 Å². The molecule has 3 aromatic rings. The molecule has 23 heavy (non-hydrogen) atoms. The van der Waals surface area contributed by atoms with Gasteiger partial charge in [-0.15, -0.1) is 0 Å². The minimum Gasteiger partial charge on any atom is -0.377 e. The highest BCUT2D eigenvalue weighted by molar-refractivity contribution is 5.92. The molecule has 0 N–H and O–H groups in total. The molecule has 1 aliphatic heterocycles. The van der Waals surface area contributed by atoms with Crippen LogP contribution in [-0.4, -0.2) is 50.3 Å². The van der Waals surface area contributed by atoms with Crippen LogP contribution >= 0.6 is 0 Å². The van der Waals surface area contributed by atoms with E-state index in [4.69, 9.17) is 9.72 Å². The fraction of sp³-hybridized carbons (Fsp3) is 0.438. The molecule has 1 fully saturated rings. The summed E-state index contributed by atoms with van der Waals surface area (Å²) < 4.78 is 9.30. The van der Waals surface area contributed by atoms with Crippen molar-refractivity contribution >= 4 is 16.9 Å². The van der Waals surface area contributed by atoms with E-state index in [0.29, 0.717) is 6.04 Å². The quantitative estimate of drug-likeness (QED) is 0.719. The average molecular weight is 312 g/mol. The molecule has 3 aromatic heterocycles. The molecule has 4 heterocycles. The second-order valence-electron chi connectivity index (χ2n) is 5.99. The maximum Gasteiger partial charge on any atom is 0.130 e. The van der Waals surface area contributed by atoms with E-state index in [1.807, 2.05) is 41.9 Å². The van der Waals surface area contributed by atoms with Crippen molar-refractivity contribution in [3.8, 4) is 11.3 Å². The third-order valence-electron chi connectivity index (χ3n) is 4.44. The minimum absolute atomic E-state index is 0.310. The number of rotatable bonds is 2. The van der Waals surface area contributed by atoms with Crippen molar-refractivity contribution < 1.29 is 4.74 Å². The van der Waals surface area contributed by atoms with Crippen LogP contribution in [0.25, 0.3) is 22.3 Å². The van der Waals surface area contributed by atoms with E-state index in [-0.39, 0.29) is 0 Å². The third-order valence-corrected chi connectivity index (χ3v) is 4.44. The van der Waals surface area contributed by atoms with Crippen LogP contribution in [0.3, 0.4) is 0 Å². The topological polar surface area (TPSA) is 61.0 Å². The number of hydrogen-bond donors (Lipinski definition) is 0. The van der Waals surface area contributed by atoms with E-state index in [1.165, 1.54) is 0 Å². The van der Waals surface area contributed by atoms with E-state index in [0.717, 1.165) is 47.9 Å². The number of pyridine rings is 1. The molecular formula is C16H20N6O. The van der Waals surface area contributed by atoms with Crippen LogP contribution in [0.5, 0.6) is 0 Å².